The summed E-state index contributed by atoms with van der Waals surface area (Å²) in [5.74, 6) is 1.83. The molecule has 2 rings (SSSR count). The molecule has 0 aromatic heterocycles. The van der Waals surface area contributed by atoms with Gasteiger partial charge in [0.2, 0.25) is 0 Å². The van der Waals surface area contributed by atoms with Gasteiger partial charge in [-0.05, 0) is 31.0 Å². The molecule has 0 amide bonds. The maximum atomic E-state index is 5.55. The van der Waals surface area contributed by atoms with E-state index in [1.54, 1.807) is 0 Å². The molecular formula is C14H21N3O. The van der Waals surface area contributed by atoms with Crippen molar-refractivity contribution in [2.45, 2.75) is 32.9 Å². The lowest BCUT2D eigenvalue weighted by Gasteiger charge is -2.09. The van der Waals surface area contributed by atoms with Gasteiger partial charge in [-0.3, -0.25) is 4.99 Å². The van der Waals surface area contributed by atoms with Gasteiger partial charge in [0.05, 0.1) is 13.2 Å². The van der Waals surface area contributed by atoms with Crippen LogP contribution in [-0.4, -0.2) is 25.2 Å². The number of rotatable bonds is 5. The number of aliphatic imine (C=N–C) groups is 1. The van der Waals surface area contributed by atoms with Crippen LogP contribution in [0.1, 0.15) is 25.8 Å². The smallest absolute Gasteiger partial charge is 0.191 e. The molecule has 1 atom stereocenters. The van der Waals surface area contributed by atoms with E-state index in [-0.39, 0.29) is 0 Å². The van der Waals surface area contributed by atoms with Gasteiger partial charge in [-0.25, -0.2) is 0 Å². The molecule has 0 bridgehead atoms. The van der Waals surface area contributed by atoms with Gasteiger partial charge >= 0.3 is 0 Å². The fourth-order valence-electron chi connectivity index (χ4n) is 1.77. The van der Waals surface area contributed by atoms with Gasteiger partial charge in [0.15, 0.2) is 5.96 Å². The Kier molecular flexibility index (Phi) is 4.45. The first kappa shape index (κ1) is 12.7. The number of benzene rings is 1. The van der Waals surface area contributed by atoms with E-state index >= 15 is 0 Å². The van der Waals surface area contributed by atoms with Crippen molar-refractivity contribution in [2.24, 2.45) is 4.99 Å². The fourth-order valence-corrected chi connectivity index (χ4v) is 1.77. The SMILES string of the molecule is CCCOc1ccc(CNC2=NCC(C)N2)cc1. The lowest BCUT2D eigenvalue weighted by Crippen LogP contribution is -2.37. The third kappa shape index (κ3) is 3.65. The molecule has 1 aliphatic rings. The minimum atomic E-state index is 0.442. The van der Waals surface area contributed by atoms with Crippen LogP contribution in [-0.2, 0) is 6.54 Å². The zero-order valence-electron chi connectivity index (χ0n) is 11.1. The van der Waals surface area contributed by atoms with Crippen molar-refractivity contribution < 1.29 is 4.74 Å². The van der Waals surface area contributed by atoms with Crippen molar-refractivity contribution in [3.05, 3.63) is 29.8 Å². The van der Waals surface area contributed by atoms with Gasteiger partial charge in [0.25, 0.3) is 0 Å². The molecule has 1 aliphatic heterocycles. The molecule has 4 nitrogen and oxygen atoms in total. The van der Waals surface area contributed by atoms with Gasteiger partial charge in [0.1, 0.15) is 5.75 Å². The molecule has 0 saturated heterocycles. The topological polar surface area (TPSA) is 45.6 Å². The zero-order chi connectivity index (χ0) is 12.8. The van der Waals surface area contributed by atoms with Crippen molar-refractivity contribution in [3.8, 4) is 5.75 Å². The largest absolute Gasteiger partial charge is 0.494 e. The van der Waals surface area contributed by atoms with Crippen LogP contribution in [0, 0.1) is 0 Å². The number of hydrogen-bond acceptors (Lipinski definition) is 4. The Hall–Kier alpha value is -1.71. The molecule has 98 valence electrons. The van der Waals surface area contributed by atoms with E-state index in [1.165, 1.54) is 5.56 Å². The Balaban J connectivity index is 1.79. The molecule has 2 N–H and O–H groups in total. The number of ether oxygens (including phenoxy) is 1. The molecule has 1 aromatic rings. The van der Waals surface area contributed by atoms with Crippen LogP contribution in [0.3, 0.4) is 0 Å². The standard InChI is InChI=1S/C14H21N3O/c1-3-8-18-13-6-4-12(5-7-13)10-16-14-15-9-11(2)17-14/h4-7,11H,3,8-10H2,1-2H3,(H2,15,16,17). The number of hydrogen-bond donors (Lipinski definition) is 2. The summed E-state index contributed by atoms with van der Waals surface area (Å²) in [6.45, 7) is 6.64. The van der Waals surface area contributed by atoms with Crippen molar-refractivity contribution in [3.63, 3.8) is 0 Å². The predicted molar refractivity (Wildman–Crippen MR) is 74.0 cm³/mol. The van der Waals surface area contributed by atoms with Gasteiger partial charge in [-0.15, -0.1) is 0 Å². The maximum absolute atomic E-state index is 5.55. The molecular weight excluding hydrogens is 226 g/mol. The van der Waals surface area contributed by atoms with Crippen molar-refractivity contribution in [1.29, 1.82) is 0 Å². The molecule has 18 heavy (non-hydrogen) atoms. The van der Waals surface area contributed by atoms with E-state index in [0.717, 1.165) is 37.8 Å². The molecule has 1 aromatic carbocycles. The fraction of sp³-hybridized carbons (Fsp3) is 0.500. The van der Waals surface area contributed by atoms with Gasteiger partial charge < -0.3 is 15.4 Å². The Bertz CT molecular complexity index is 400. The Labute approximate surface area is 108 Å². The molecule has 0 saturated carbocycles. The molecule has 0 radical (unpaired) electrons. The summed E-state index contributed by atoms with van der Waals surface area (Å²) in [5.41, 5.74) is 1.22. The molecule has 0 aliphatic carbocycles. The van der Waals surface area contributed by atoms with Gasteiger partial charge in [-0.2, -0.15) is 0 Å². The minimum absolute atomic E-state index is 0.442. The van der Waals surface area contributed by atoms with E-state index in [9.17, 15) is 0 Å². The van der Waals surface area contributed by atoms with Crippen molar-refractivity contribution in [2.75, 3.05) is 13.2 Å². The van der Waals surface area contributed by atoms with Crippen LogP contribution in [0.4, 0.5) is 0 Å². The summed E-state index contributed by atoms with van der Waals surface area (Å²) in [6.07, 6.45) is 1.03. The number of nitrogens with zero attached hydrogens (tertiary/aromatic N) is 1. The molecule has 1 heterocycles. The quantitative estimate of drug-likeness (QED) is 0.835. The van der Waals surface area contributed by atoms with Crippen LogP contribution >= 0.6 is 0 Å². The van der Waals surface area contributed by atoms with E-state index in [0.29, 0.717) is 6.04 Å². The van der Waals surface area contributed by atoms with Crippen molar-refractivity contribution >= 4 is 5.96 Å². The summed E-state index contributed by atoms with van der Waals surface area (Å²) in [4.78, 5) is 4.36. The summed E-state index contributed by atoms with van der Waals surface area (Å²) < 4.78 is 5.55. The Morgan fingerprint density at radius 1 is 1.39 bits per heavy atom. The number of guanidine groups is 1. The van der Waals surface area contributed by atoms with Crippen LogP contribution < -0.4 is 15.4 Å². The second-order valence-electron chi connectivity index (χ2n) is 4.58. The van der Waals surface area contributed by atoms with E-state index < -0.39 is 0 Å². The van der Waals surface area contributed by atoms with E-state index in [2.05, 4.69) is 41.6 Å². The minimum Gasteiger partial charge on any atom is -0.494 e. The first-order chi connectivity index (χ1) is 8.78. The lowest BCUT2D eigenvalue weighted by atomic mass is 10.2. The van der Waals surface area contributed by atoms with E-state index in [1.807, 2.05) is 12.1 Å². The third-order valence-corrected chi connectivity index (χ3v) is 2.76. The Morgan fingerprint density at radius 3 is 2.78 bits per heavy atom. The highest BCUT2D eigenvalue weighted by Gasteiger charge is 2.11. The molecule has 1 unspecified atom stereocenters. The Morgan fingerprint density at radius 2 is 2.17 bits per heavy atom. The summed E-state index contributed by atoms with van der Waals surface area (Å²) >= 11 is 0. The molecule has 0 fully saturated rings. The highest BCUT2D eigenvalue weighted by Crippen LogP contribution is 2.12. The van der Waals surface area contributed by atoms with Crippen LogP contribution in [0.15, 0.2) is 29.3 Å². The summed E-state index contributed by atoms with van der Waals surface area (Å²) in [6, 6.07) is 8.63. The number of nitrogens with one attached hydrogen (secondary N) is 2. The van der Waals surface area contributed by atoms with Gasteiger partial charge in [0, 0.05) is 12.6 Å². The average Bonchev–Trinajstić information content (AvgIpc) is 2.81. The van der Waals surface area contributed by atoms with Crippen LogP contribution in [0.25, 0.3) is 0 Å². The van der Waals surface area contributed by atoms with Crippen LogP contribution in [0.5, 0.6) is 5.75 Å². The monoisotopic (exact) mass is 247 g/mol. The van der Waals surface area contributed by atoms with E-state index in [4.69, 9.17) is 4.74 Å². The second-order valence-corrected chi connectivity index (χ2v) is 4.58. The highest BCUT2D eigenvalue weighted by molar-refractivity contribution is 5.81. The van der Waals surface area contributed by atoms with Crippen LogP contribution in [0.2, 0.25) is 0 Å². The molecule has 4 heteroatoms. The third-order valence-electron chi connectivity index (χ3n) is 2.76. The molecule has 0 spiro atoms. The first-order valence-electron chi connectivity index (χ1n) is 6.54. The lowest BCUT2D eigenvalue weighted by molar-refractivity contribution is 0.317. The average molecular weight is 247 g/mol. The highest BCUT2D eigenvalue weighted by atomic mass is 16.5. The second kappa shape index (κ2) is 6.28. The summed E-state index contributed by atoms with van der Waals surface area (Å²) in [7, 11) is 0. The zero-order valence-corrected chi connectivity index (χ0v) is 11.1. The van der Waals surface area contributed by atoms with Crippen molar-refractivity contribution in [1.82, 2.24) is 10.6 Å². The maximum Gasteiger partial charge on any atom is 0.191 e. The first-order valence-corrected chi connectivity index (χ1v) is 6.54. The van der Waals surface area contributed by atoms with Gasteiger partial charge in [-0.1, -0.05) is 19.1 Å². The predicted octanol–water partition coefficient (Wildman–Crippen LogP) is 1.91. The summed E-state index contributed by atoms with van der Waals surface area (Å²) in [5, 5.41) is 6.57. The normalized spacial score (nSPS) is 18.1.